The van der Waals surface area contributed by atoms with E-state index >= 15 is 0 Å². The number of H-pyrrole nitrogens is 1. The van der Waals surface area contributed by atoms with Gasteiger partial charge in [0.1, 0.15) is 11.3 Å². The SMILES string of the molecule is N#CC[C@H]1CC[C@H](n2c(CC(=O)Nc3cc[nH]n3)nc3cnc4c(ccn4S(=O)(=O)c4ccccc4)c32)CC1. The second kappa shape index (κ2) is 9.99. The maximum absolute atomic E-state index is 13.4. The van der Waals surface area contributed by atoms with E-state index in [1.807, 2.05) is 0 Å². The van der Waals surface area contributed by atoms with Gasteiger partial charge in [-0.1, -0.05) is 18.2 Å². The van der Waals surface area contributed by atoms with E-state index in [1.54, 1.807) is 54.9 Å². The van der Waals surface area contributed by atoms with Crippen molar-refractivity contribution in [2.45, 2.75) is 49.5 Å². The molecule has 0 bridgehead atoms. The van der Waals surface area contributed by atoms with E-state index in [4.69, 9.17) is 10.2 Å². The van der Waals surface area contributed by atoms with E-state index < -0.39 is 10.0 Å². The Hall–Kier alpha value is -4.50. The van der Waals surface area contributed by atoms with Crippen LogP contribution >= 0.6 is 0 Å². The number of rotatable bonds is 7. The van der Waals surface area contributed by atoms with Crippen molar-refractivity contribution in [3.8, 4) is 6.07 Å². The van der Waals surface area contributed by atoms with Gasteiger partial charge >= 0.3 is 0 Å². The molecule has 1 aliphatic rings. The van der Waals surface area contributed by atoms with Crippen molar-refractivity contribution in [3.05, 3.63) is 66.9 Å². The van der Waals surface area contributed by atoms with E-state index in [9.17, 15) is 13.2 Å². The molecule has 0 atom stereocenters. The highest BCUT2D eigenvalue weighted by molar-refractivity contribution is 7.90. The van der Waals surface area contributed by atoms with Gasteiger partial charge in [-0.2, -0.15) is 10.4 Å². The van der Waals surface area contributed by atoms with Crippen LogP contribution in [0.15, 0.2) is 66.0 Å². The minimum absolute atomic E-state index is 0.0180. The summed E-state index contributed by atoms with van der Waals surface area (Å²) in [6.45, 7) is 0. The molecule has 1 fully saturated rings. The minimum atomic E-state index is -3.86. The zero-order valence-corrected chi connectivity index (χ0v) is 21.8. The Morgan fingerprint density at radius 1 is 1.13 bits per heavy atom. The first-order chi connectivity index (χ1) is 19.0. The zero-order chi connectivity index (χ0) is 27.0. The molecule has 12 heteroatoms. The third-order valence-corrected chi connectivity index (χ3v) is 9.03. The quantitative estimate of drug-likeness (QED) is 0.313. The third kappa shape index (κ3) is 4.55. The van der Waals surface area contributed by atoms with Gasteiger partial charge in [-0.05, 0) is 49.8 Å². The second-order valence-corrected chi connectivity index (χ2v) is 11.6. The Bertz CT molecular complexity index is 1790. The van der Waals surface area contributed by atoms with Crippen LogP contribution < -0.4 is 5.32 Å². The van der Waals surface area contributed by atoms with Gasteiger partial charge < -0.3 is 9.88 Å². The third-order valence-electron chi connectivity index (χ3n) is 7.35. The van der Waals surface area contributed by atoms with Crippen molar-refractivity contribution >= 4 is 43.8 Å². The van der Waals surface area contributed by atoms with Gasteiger partial charge in [0, 0.05) is 36.3 Å². The lowest BCUT2D eigenvalue weighted by Gasteiger charge is -2.30. The highest BCUT2D eigenvalue weighted by Gasteiger charge is 2.29. The van der Waals surface area contributed by atoms with Crippen molar-refractivity contribution in [2.75, 3.05) is 5.32 Å². The summed E-state index contributed by atoms with van der Waals surface area (Å²) in [4.78, 5) is 22.4. The molecule has 0 saturated heterocycles. The summed E-state index contributed by atoms with van der Waals surface area (Å²) in [5.41, 5.74) is 1.66. The molecule has 0 unspecified atom stereocenters. The van der Waals surface area contributed by atoms with Crippen molar-refractivity contribution in [1.29, 1.82) is 5.26 Å². The standard InChI is InChI=1S/C27H26N8O3S/c28-13-10-18-6-8-19(9-7-18)35-24(16-25(36)32-23-11-14-30-33-23)31-22-17-29-27-21(26(22)35)12-15-34(27)39(37,38)20-4-2-1-3-5-20/h1-5,11-12,14-15,17-19H,6-10,16H2,(H2,30,32,33,36)/t18-,19-. The van der Waals surface area contributed by atoms with Crippen LogP contribution in [0.25, 0.3) is 22.1 Å². The molecule has 5 aromatic rings. The maximum Gasteiger partial charge on any atom is 0.269 e. The molecule has 0 radical (unpaired) electrons. The number of nitrogens with one attached hydrogen (secondary N) is 2. The van der Waals surface area contributed by atoms with Crippen LogP contribution in [0.4, 0.5) is 5.82 Å². The van der Waals surface area contributed by atoms with Crippen molar-refractivity contribution in [3.63, 3.8) is 0 Å². The van der Waals surface area contributed by atoms with Crippen LogP contribution in [0.2, 0.25) is 0 Å². The summed E-state index contributed by atoms with van der Waals surface area (Å²) in [5.74, 6) is 1.10. The first-order valence-corrected chi connectivity index (χ1v) is 14.2. The summed E-state index contributed by atoms with van der Waals surface area (Å²) < 4.78 is 30.2. The number of fused-ring (bicyclic) bond motifs is 3. The molecule has 1 amide bonds. The highest BCUT2D eigenvalue weighted by atomic mass is 32.2. The largest absolute Gasteiger partial charge is 0.324 e. The van der Waals surface area contributed by atoms with Crippen LogP contribution in [0.3, 0.4) is 0 Å². The van der Waals surface area contributed by atoms with Crippen molar-refractivity contribution in [1.82, 2.24) is 28.7 Å². The van der Waals surface area contributed by atoms with Crippen LogP contribution in [-0.4, -0.2) is 43.0 Å². The summed E-state index contributed by atoms with van der Waals surface area (Å²) in [7, 11) is -3.86. The van der Waals surface area contributed by atoms with Crippen molar-refractivity contribution in [2.24, 2.45) is 5.92 Å². The van der Waals surface area contributed by atoms with Crippen molar-refractivity contribution < 1.29 is 13.2 Å². The number of amides is 1. The smallest absolute Gasteiger partial charge is 0.269 e. The van der Waals surface area contributed by atoms with Crippen LogP contribution in [0.1, 0.15) is 44.0 Å². The number of hydrogen-bond acceptors (Lipinski definition) is 7. The van der Waals surface area contributed by atoms with E-state index in [0.717, 1.165) is 31.2 Å². The fourth-order valence-corrected chi connectivity index (χ4v) is 6.83. The summed E-state index contributed by atoms with van der Waals surface area (Å²) >= 11 is 0. The maximum atomic E-state index is 13.4. The number of nitrogens with zero attached hydrogens (tertiary/aromatic N) is 6. The van der Waals surface area contributed by atoms with Gasteiger partial charge in [-0.25, -0.2) is 22.4 Å². The van der Waals surface area contributed by atoms with Gasteiger partial charge in [0.05, 0.1) is 29.1 Å². The van der Waals surface area contributed by atoms with Crippen LogP contribution in [0, 0.1) is 17.2 Å². The van der Waals surface area contributed by atoms with E-state index in [1.165, 1.54) is 10.2 Å². The number of aromatic amines is 1. The minimum Gasteiger partial charge on any atom is -0.324 e. The summed E-state index contributed by atoms with van der Waals surface area (Å²) in [5, 5.41) is 19.2. The molecule has 1 saturated carbocycles. The number of imidazole rings is 1. The fraction of sp³-hybridized carbons (Fsp3) is 0.296. The molecule has 0 spiro atoms. The Morgan fingerprint density at radius 2 is 1.92 bits per heavy atom. The number of carbonyl (C=O) groups is 1. The van der Waals surface area contributed by atoms with Crippen LogP contribution in [-0.2, 0) is 21.2 Å². The molecule has 0 aliphatic heterocycles. The number of hydrogen-bond donors (Lipinski definition) is 2. The van der Waals surface area contributed by atoms with E-state index in [2.05, 4.69) is 31.1 Å². The average molecular weight is 543 g/mol. The van der Waals surface area contributed by atoms with Gasteiger partial charge in [0.25, 0.3) is 10.0 Å². The highest BCUT2D eigenvalue weighted by Crippen LogP contribution is 2.38. The lowest BCUT2D eigenvalue weighted by atomic mass is 9.84. The topological polar surface area (TPSA) is 151 Å². The molecule has 6 rings (SSSR count). The summed E-state index contributed by atoms with van der Waals surface area (Å²) in [6.07, 6.45) is 8.72. The fourth-order valence-electron chi connectivity index (χ4n) is 5.51. The lowest BCUT2D eigenvalue weighted by Crippen LogP contribution is -2.23. The molecule has 1 aromatic carbocycles. The predicted molar refractivity (Wildman–Crippen MR) is 144 cm³/mol. The lowest BCUT2D eigenvalue weighted by molar-refractivity contribution is -0.115. The van der Waals surface area contributed by atoms with Gasteiger partial charge in [-0.15, -0.1) is 0 Å². The Morgan fingerprint density at radius 3 is 2.64 bits per heavy atom. The number of anilines is 1. The normalized spacial score (nSPS) is 17.8. The number of carbonyl (C=O) groups excluding carboxylic acids is 1. The van der Waals surface area contributed by atoms with Crippen LogP contribution in [0.5, 0.6) is 0 Å². The Balaban J connectivity index is 1.46. The Labute approximate surface area is 224 Å². The molecule has 4 aromatic heterocycles. The van der Waals surface area contributed by atoms with Gasteiger partial charge in [0.2, 0.25) is 5.91 Å². The molecule has 1 aliphatic carbocycles. The summed E-state index contributed by atoms with van der Waals surface area (Å²) in [6, 6.07) is 14.0. The monoisotopic (exact) mass is 542 g/mol. The second-order valence-electron chi connectivity index (χ2n) is 9.78. The Kier molecular flexibility index (Phi) is 6.36. The number of aromatic nitrogens is 6. The molecular formula is C27H26N8O3S. The number of nitriles is 1. The predicted octanol–water partition coefficient (Wildman–Crippen LogP) is 4.17. The first-order valence-electron chi connectivity index (χ1n) is 12.8. The number of benzene rings is 1. The molecule has 2 N–H and O–H groups in total. The van der Waals surface area contributed by atoms with Gasteiger partial charge in [-0.3, -0.25) is 9.89 Å². The first kappa shape index (κ1) is 24.8. The van der Waals surface area contributed by atoms with E-state index in [0.29, 0.717) is 40.5 Å². The molecular weight excluding hydrogens is 516 g/mol. The molecule has 198 valence electrons. The zero-order valence-electron chi connectivity index (χ0n) is 21.0. The molecule has 4 heterocycles. The number of pyridine rings is 1. The van der Waals surface area contributed by atoms with Gasteiger partial charge in [0.15, 0.2) is 11.5 Å². The molecule has 11 nitrogen and oxygen atoms in total. The average Bonchev–Trinajstić information content (AvgIpc) is 3.68. The molecule has 39 heavy (non-hydrogen) atoms. The van der Waals surface area contributed by atoms with E-state index in [-0.39, 0.29) is 23.3 Å².